The first-order valence-corrected chi connectivity index (χ1v) is 10.8. The minimum absolute atomic E-state index is 0.0708. The molecule has 1 N–H and O–H groups in total. The van der Waals surface area contributed by atoms with Gasteiger partial charge in [-0.1, -0.05) is 17.7 Å². The Bertz CT molecular complexity index is 823. The van der Waals surface area contributed by atoms with Gasteiger partial charge in [-0.25, -0.2) is 0 Å². The summed E-state index contributed by atoms with van der Waals surface area (Å²) in [4.78, 5) is 27.7. The van der Waals surface area contributed by atoms with Gasteiger partial charge in [-0.05, 0) is 38.2 Å². The lowest BCUT2D eigenvalue weighted by molar-refractivity contribution is -0.124. The first kappa shape index (κ1) is 19.2. The third-order valence-electron chi connectivity index (χ3n) is 5.73. The highest BCUT2D eigenvalue weighted by Gasteiger charge is 2.50. The summed E-state index contributed by atoms with van der Waals surface area (Å²) in [6.07, 6.45) is 8.00. The van der Waals surface area contributed by atoms with Crippen molar-refractivity contribution in [2.45, 2.75) is 43.5 Å². The molecule has 1 saturated heterocycles. The largest absolute Gasteiger partial charge is 0.493 e. The Balaban J connectivity index is 1.46. The molecule has 1 fully saturated rings. The molecular weight excluding hydrogens is 376 g/mol. The maximum Gasteiger partial charge on any atom is 0.260 e. The van der Waals surface area contributed by atoms with E-state index in [-0.39, 0.29) is 17.2 Å². The standard InChI is InChI=1S/C21H26N2O4S/c1-26-16-9-8-14-17(18(16)27-2)20(25)23-15(12-28-21(14)23)19(24)22-11-10-13-6-4-3-5-7-13/h6,8-9,15,21H,3-5,7,10-12H2,1-2H3,(H,22,24)/t15-,21?/m0/s1. The number of fused-ring (bicyclic) bond motifs is 3. The molecule has 0 spiro atoms. The van der Waals surface area contributed by atoms with Gasteiger partial charge in [0.05, 0.1) is 19.8 Å². The summed E-state index contributed by atoms with van der Waals surface area (Å²) < 4.78 is 10.8. The van der Waals surface area contributed by atoms with E-state index in [2.05, 4.69) is 11.4 Å². The number of allylic oxidation sites excluding steroid dienone is 1. The Labute approximate surface area is 169 Å². The number of amides is 2. The number of nitrogens with zero attached hydrogens (tertiary/aromatic N) is 1. The first-order valence-electron chi connectivity index (χ1n) is 9.80. The predicted octanol–water partition coefficient (Wildman–Crippen LogP) is 3.28. The van der Waals surface area contributed by atoms with Crippen molar-refractivity contribution in [2.75, 3.05) is 26.5 Å². The van der Waals surface area contributed by atoms with E-state index < -0.39 is 6.04 Å². The van der Waals surface area contributed by atoms with Crippen LogP contribution in [0.2, 0.25) is 0 Å². The number of methoxy groups -OCH3 is 2. The van der Waals surface area contributed by atoms with Gasteiger partial charge in [-0.3, -0.25) is 9.59 Å². The zero-order valence-electron chi connectivity index (χ0n) is 16.3. The fraction of sp³-hybridized carbons (Fsp3) is 0.524. The highest BCUT2D eigenvalue weighted by molar-refractivity contribution is 7.99. The molecule has 4 rings (SSSR count). The summed E-state index contributed by atoms with van der Waals surface area (Å²) in [5.41, 5.74) is 2.85. The Morgan fingerprint density at radius 1 is 1.29 bits per heavy atom. The summed E-state index contributed by atoms with van der Waals surface area (Å²) in [7, 11) is 3.09. The summed E-state index contributed by atoms with van der Waals surface area (Å²) in [5.74, 6) is 1.36. The molecule has 2 aliphatic heterocycles. The van der Waals surface area contributed by atoms with Crippen LogP contribution in [0.1, 0.15) is 53.4 Å². The monoisotopic (exact) mass is 402 g/mol. The summed E-state index contributed by atoms with van der Waals surface area (Å²) >= 11 is 1.63. The van der Waals surface area contributed by atoms with Crippen molar-refractivity contribution in [3.05, 3.63) is 34.9 Å². The van der Waals surface area contributed by atoms with Gasteiger partial charge in [-0.2, -0.15) is 0 Å². The van der Waals surface area contributed by atoms with Gasteiger partial charge >= 0.3 is 0 Å². The van der Waals surface area contributed by atoms with E-state index in [1.165, 1.54) is 25.5 Å². The second-order valence-electron chi connectivity index (χ2n) is 7.33. The van der Waals surface area contributed by atoms with Crippen LogP contribution in [0, 0.1) is 0 Å². The van der Waals surface area contributed by atoms with Crippen molar-refractivity contribution in [2.24, 2.45) is 0 Å². The molecule has 7 heteroatoms. The van der Waals surface area contributed by atoms with E-state index in [4.69, 9.17) is 9.47 Å². The molecule has 2 atom stereocenters. The van der Waals surface area contributed by atoms with Crippen molar-refractivity contribution < 1.29 is 19.1 Å². The number of hydrogen-bond acceptors (Lipinski definition) is 5. The number of carbonyl (C=O) groups excluding carboxylic acids is 2. The average molecular weight is 403 g/mol. The molecule has 1 unspecified atom stereocenters. The zero-order chi connectivity index (χ0) is 19.7. The molecule has 6 nitrogen and oxygen atoms in total. The molecule has 0 aromatic heterocycles. The molecule has 0 saturated carbocycles. The van der Waals surface area contributed by atoms with Gasteiger partial charge in [0.25, 0.3) is 5.91 Å². The number of thioether (sulfide) groups is 1. The molecule has 0 radical (unpaired) electrons. The molecule has 28 heavy (non-hydrogen) atoms. The minimum atomic E-state index is -0.453. The number of nitrogens with one attached hydrogen (secondary N) is 1. The number of benzene rings is 1. The third kappa shape index (κ3) is 3.26. The number of hydrogen-bond donors (Lipinski definition) is 1. The number of rotatable bonds is 6. The van der Waals surface area contributed by atoms with Crippen LogP contribution in [0.25, 0.3) is 0 Å². The van der Waals surface area contributed by atoms with Crippen LogP contribution in [-0.4, -0.2) is 49.3 Å². The van der Waals surface area contributed by atoms with Crippen molar-refractivity contribution in [3.63, 3.8) is 0 Å². The van der Waals surface area contributed by atoms with Crippen LogP contribution in [0.4, 0.5) is 0 Å². The Hall–Kier alpha value is -2.15. The lowest BCUT2D eigenvalue weighted by atomic mass is 9.97. The van der Waals surface area contributed by atoms with Crippen molar-refractivity contribution in [1.29, 1.82) is 0 Å². The van der Waals surface area contributed by atoms with Crippen LogP contribution in [0.5, 0.6) is 11.5 Å². The van der Waals surface area contributed by atoms with Crippen LogP contribution < -0.4 is 14.8 Å². The zero-order valence-corrected chi connectivity index (χ0v) is 17.1. The number of ether oxygens (including phenoxy) is 2. The van der Waals surface area contributed by atoms with Crippen LogP contribution in [-0.2, 0) is 4.79 Å². The van der Waals surface area contributed by atoms with Crippen molar-refractivity contribution in [3.8, 4) is 11.5 Å². The van der Waals surface area contributed by atoms with Crippen molar-refractivity contribution >= 4 is 23.6 Å². The maximum atomic E-state index is 13.1. The average Bonchev–Trinajstić information content (AvgIpc) is 3.28. The normalized spacial score (nSPS) is 23.1. The quantitative estimate of drug-likeness (QED) is 0.740. The molecule has 1 aromatic carbocycles. The van der Waals surface area contributed by atoms with E-state index in [0.717, 1.165) is 24.8 Å². The fourth-order valence-corrected chi connectivity index (χ4v) is 5.75. The smallest absolute Gasteiger partial charge is 0.260 e. The summed E-state index contributed by atoms with van der Waals surface area (Å²) in [6, 6.07) is 3.27. The van der Waals surface area contributed by atoms with Crippen molar-refractivity contribution in [1.82, 2.24) is 10.2 Å². The number of carbonyl (C=O) groups is 2. The van der Waals surface area contributed by atoms with Gasteiger partial charge in [0.2, 0.25) is 5.91 Å². The maximum absolute atomic E-state index is 13.1. The van der Waals surface area contributed by atoms with E-state index >= 15 is 0 Å². The highest BCUT2D eigenvalue weighted by atomic mass is 32.2. The topological polar surface area (TPSA) is 67.9 Å². The van der Waals surface area contributed by atoms with E-state index in [1.807, 2.05) is 12.1 Å². The summed E-state index contributed by atoms with van der Waals surface area (Å²) in [5, 5.41) is 2.90. The van der Waals surface area contributed by atoms with E-state index in [1.54, 1.807) is 23.8 Å². The second-order valence-corrected chi connectivity index (χ2v) is 8.44. The lowest BCUT2D eigenvalue weighted by Gasteiger charge is -2.23. The van der Waals surface area contributed by atoms with Gasteiger partial charge in [-0.15, -0.1) is 11.8 Å². The van der Waals surface area contributed by atoms with E-state index in [9.17, 15) is 9.59 Å². The molecule has 2 amide bonds. The first-order chi connectivity index (χ1) is 13.7. The molecule has 3 aliphatic rings. The van der Waals surface area contributed by atoms with Crippen LogP contribution in [0.3, 0.4) is 0 Å². The lowest BCUT2D eigenvalue weighted by Crippen LogP contribution is -2.46. The van der Waals surface area contributed by atoms with Gasteiger partial charge < -0.3 is 19.7 Å². The van der Waals surface area contributed by atoms with Crippen LogP contribution >= 0.6 is 11.8 Å². The molecule has 0 bridgehead atoms. The third-order valence-corrected chi connectivity index (χ3v) is 7.03. The van der Waals surface area contributed by atoms with Gasteiger partial charge in [0.15, 0.2) is 11.5 Å². The predicted molar refractivity (Wildman–Crippen MR) is 109 cm³/mol. The van der Waals surface area contributed by atoms with Crippen LogP contribution in [0.15, 0.2) is 23.8 Å². The fourth-order valence-electron chi connectivity index (χ4n) is 4.29. The molecule has 2 heterocycles. The van der Waals surface area contributed by atoms with Gasteiger partial charge in [0, 0.05) is 17.9 Å². The Kier molecular flexibility index (Phi) is 5.53. The molecule has 150 valence electrons. The Morgan fingerprint density at radius 3 is 2.86 bits per heavy atom. The molecular formula is C21H26N2O4S. The minimum Gasteiger partial charge on any atom is -0.493 e. The van der Waals surface area contributed by atoms with Gasteiger partial charge in [0.1, 0.15) is 11.4 Å². The molecule has 1 aromatic rings. The summed E-state index contributed by atoms with van der Waals surface area (Å²) in [6.45, 7) is 0.628. The second kappa shape index (κ2) is 8.07. The SMILES string of the molecule is COc1ccc2c(c1OC)C(=O)N1C2SC[C@H]1C(=O)NCCC1=CCCCC1. The van der Waals surface area contributed by atoms with E-state index in [0.29, 0.717) is 29.4 Å². The Morgan fingerprint density at radius 2 is 2.14 bits per heavy atom. The molecule has 1 aliphatic carbocycles. The highest BCUT2D eigenvalue weighted by Crippen LogP contribution is 2.52.